The van der Waals surface area contributed by atoms with E-state index in [4.69, 9.17) is 29.9 Å². The molecule has 2 aromatic heterocycles. The molecule has 0 bridgehead atoms. The van der Waals surface area contributed by atoms with Gasteiger partial charge in [0, 0.05) is 39.5 Å². The predicted molar refractivity (Wildman–Crippen MR) is 135 cm³/mol. The van der Waals surface area contributed by atoms with Gasteiger partial charge in [0.15, 0.2) is 17.4 Å². The van der Waals surface area contributed by atoms with Crippen LogP contribution in [0.3, 0.4) is 0 Å². The Bertz CT molecular complexity index is 1090. The van der Waals surface area contributed by atoms with Gasteiger partial charge in [-0.25, -0.2) is 15.0 Å². The fourth-order valence-electron chi connectivity index (χ4n) is 5.96. The lowest BCUT2D eigenvalue weighted by Crippen LogP contribution is -2.57. The van der Waals surface area contributed by atoms with Gasteiger partial charge in [0.25, 0.3) is 0 Å². The van der Waals surface area contributed by atoms with Crippen molar-refractivity contribution in [3.05, 3.63) is 18.5 Å². The van der Waals surface area contributed by atoms with Crippen LogP contribution in [0, 0.1) is 5.41 Å². The normalized spacial score (nSPS) is 25.0. The number of aromatic nitrogens is 3. The Morgan fingerprint density at radius 1 is 1.11 bits per heavy atom. The van der Waals surface area contributed by atoms with E-state index in [1.54, 1.807) is 0 Å². The highest BCUT2D eigenvalue weighted by atomic mass is 32.2. The minimum atomic E-state index is -0.0578. The van der Waals surface area contributed by atoms with Crippen molar-refractivity contribution >= 4 is 29.2 Å². The minimum Gasteiger partial charge on any atom is -0.486 e. The molecule has 3 fully saturated rings. The van der Waals surface area contributed by atoms with E-state index in [1.165, 1.54) is 11.8 Å². The van der Waals surface area contributed by atoms with Gasteiger partial charge < -0.3 is 29.7 Å². The van der Waals surface area contributed by atoms with Gasteiger partial charge in [-0.1, -0.05) is 11.8 Å². The first-order valence-corrected chi connectivity index (χ1v) is 13.4. The van der Waals surface area contributed by atoms with E-state index in [2.05, 4.69) is 28.8 Å². The summed E-state index contributed by atoms with van der Waals surface area (Å²) in [6.07, 6.45) is 9.33. The molecule has 188 valence electrons. The zero-order valence-corrected chi connectivity index (χ0v) is 21.4. The molecule has 2 N–H and O–H groups in total. The van der Waals surface area contributed by atoms with Gasteiger partial charge in [-0.3, -0.25) is 0 Å². The van der Waals surface area contributed by atoms with Crippen molar-refractivity contribution in [1.29, 1.82) is 0 Å². The molecule has 0 radical (unpaired) electrons. The molecule has 2 spiro atoms. The first-order valence-electron chi connectivity index (χ1n) is 12.6. The molecule has 35 heavy (non-hydrogen) atoms. The van der Waals surface area contributed by atoms with E-state index in [0.717, 1.165) is 87.3 Å². The number of rotatable bonds is 3. The lowest BCUT2D eigenvalue weighted by atomic mass is 9.77. The number of hydrogen-bond acceptors (Lipinski definition) is 10. The standard InChI is InChI=1S/C25H34N6O3S/c1-17-13-24(15-33-17)4-9-31(10-5-24)19-14-28-23(21(26)29-19)35-18-3-8-27-22-20(18)34-16-25(30(22)2)6-11-32-12-7-25/h3,8,14,17H,4-7,9-13,15-16H2,1-2H3,(H2,26,29)/t17-/m0/s1. The van der Waals surface area contributed by atoms with E-state index in [9.17, 15) is 0 Å². The Morgan fingerprint density at radius 3 is 2.63 bits per heavy atom. The van der Waals surface area contributed by atoms with E-state index in [0.29, 0.717) is 29.0 Å². The zero-order valence-electron chi connectivity index (χ0n) is 20.5. The number of fused-ring (bicyclic) bond motifs is 1. The average molecular weight is 499 g/mol. The summed E-state index contributed by atoms with van der Waals surface area (Å²) in [5.41, 5.74) is 6.68. The smallest absolute Gasteiger partial charge is 0.175 e. The Kier molecular flexibility index (Phi) is 5.93. The SMILES string of the molecule is C[C@H]1CC2(CCN(c3cnc(Sc4ccnc5c4OCC4(CCOCC4)N5C)c(N)n3)CC2)CO1. The van der Waals surface area contributed by atoms with Crippen LogP contribution in [-0.4, -0.2) is 73.2 Å². The van der Waals surface area contributed by atoms with Crippen molar-refractivity contribution in [3.8, 4) is 5.75 Å². The molecule has 0 saturated carbocycles. The molecular weight excluding hydrogens is 464 g/mol. The van der Waals surface area contributed by atoms with Crippen molar-refractivity contribution in [2.24, 2.45) is 5.41 Å². The van der Waals surface area contributed by atoms with Crippen LogP contribution >= 0.6 is 11.8 Å². The molecule has 0 aromatic carbocycles. The van der Waals surface area contributed by atoms with Crippen LogP contribution in [-0.2, 0) is 9.47 Å². The van der Waals surface area contributed by atoms with Crippen LogP contribution in [0.5, 0.6) is 5.75 Å². The Hall–Kier alpha value is -2.30. The van der Waals surface area contributed by atoms with Crippen LogP contribution in [0.2, 0.25) is 0 Å². The van der Waals surface area contributed by atoms with Crippen molar-refractivity contribution in [2.45, 2.75) is 60.6 Å². The summed E-state index contributed by atoms with van der Waals surface area (Å²) >= 11 is 1.49. The molecular formula is C25H34N6O3S. The lowest BCUT2D eigenvalue weighted by Gasteiger charge is -2.48. The summed E-state index contributed by atoms with van der Waals surface area (Å²) < 4.78 is 17.8. The molecule has 4 aliphatic heterocycles. The van der Waals surface area contributed by atoms with Crippen LogP contribution < -0.4 is 20.3 Å². The quantitative estimate of drug-likeness (QED) is 0.678. The maximum Gasteiger partial charge on any atom is 0.175 e. The maximum atomic E-state index is 6.40. The fraction of sp³-hybridized carbons (Fsp3) is 0.640. The van der Waals surface area contributed by atoms with E-state index < -0.39 is 0 Å². The van der Waals surface area contributed by atoms with E-state index >= 15 is 0 Å². The van der Waals surface area contributed by atoms with Gasteiger partial charge in [0.1, 0.15) is 17.5 Å². The summed E-state index contributed by atoms with van der Waals surface area (Å²) in [6.45, 7) is 7.10. The molecule has 9 nitrogen and oxygen atoms in total. The van der Waals surface area contributed by atoms with Gasteiger partial charge in [0.05, 0.1) is 29.3 Å². The van der Waals surface area contributed by atoms with Crippen LogP contribution in [0.15, 0.2) is 28.4 Å². The highest BCUT2D eigenvalue weighted by molar-refractivity contribution is 7.99. The van der Waals surface area contributed by atoms with Gasteiger partial charge in [-0.05, 0) is 50.5 Å². The Labute approximate surface area is 210 Å². The zero-order chi connectivity index (χ0) is 24.0. The number of nitrogens with two attached hydrogens (primary N) is 1. The van der Waals surface area contributed by atoms with Crippen molar-refractivity contribution in [1.82, 2.24) is 15.0 Å². The molecule has 2 aromatic rings. The monoisotopic (exact) mass is 498 g/mol. The second kappa shape index (κ2) is 8.97. The summed E-state index contributed by atoms with van der Waals surface area (Å²) in [5.74, 6) is 2.94. The lowest BCUT2D eigenvalue weighted by molar-refractivity contribution is 0.0259. The Morgan fingerprint density at radius 2 is 1.91 bits per heavy atom. The minimum absolute atomic E-state index is 0.0578. The molecule has 3 saturated heterocycles. The third-order valence-corrected chi connectivity index (χ3v) is 9.34. The number of nitrogens with zero attached hydrogens (tertiary/aromatic N) is 5. The highest BCUT2D eigenvalue weighted by Crippen LogP contribution is 2.47. The Balaban J connectivity index is 1.17. The molecule has 10 heteroatoms. The van der Waals surface area contributed by atoms with Gasteiger partial charge in [0.2, 0.25) is 0 Å². The number of piperidine rings is 1. The third-order valence-electron chi connectivity index (χ3n) is 8.29. The molecule has 6 rings (SSSR count). The van der Waals surface area contributed by atoms with Gasteiger partial charge >= 0.3 is 0 Å². The second-order valence-corrected chi connectivity index (χ2v) is 11.5. The van der Waals surface area contributed by atoms with Crippen molar-refractivity contribution in [3.63, 3.8) is 0 Å². The van der Waals surface area contributed by atoms with Gasteiger partial charge in [-0.2, -0.15) is 0 Å². The number of ether oxygens (including phenoxy) is 3. The summed E-state index contributed by atoms with van der Waals surface area (Å²) in [5, 5.41) is 0.686. The number of likely N-dealkylation sites (N-methyl/N-ethyl adjacent to an activating group) is 1. The molecule has 4 aliphatic rings. The highest BCUT2D eigenvalue weighted by Gasteiger charge is 2.43. The molecule has 1 atom stereocenters. The fourth-order valence-corrected chi connectivity index (χ4v) is 6.79. The largest absolute Gasteiger partial charge is 0.486 e. The van der Waals surface area contributed by atoms with Crippen LogP contribution in [0.4, 0.5) is 17.5 Å². The summed E-state index contributed by atoms with van der Waals surface area (Å²) in [7, 11) is 2.11. The number of pyridine rings is 1. The summed E-state index contributed by atoms with van der Waals surface area (Å²) in [6, 6.07) is 1.96. The number of nitrogen functional groups attached to an aromatic ring is 1. The van der Waals surface area contributed by atoms with Crippen molar-refractivity contribution in [2.75, 3.05) is 62.1 Å². The average Bonchev–Trinajstić information content (AvgIpc) is 3.24. The van der Waals surface area contributed by atoms with Crippen molar-refractivity contribution < 1.29 is 14.2 Å². The summed E-state index contributed by atoms with van der Waals surface area (Å²) in [4.78, 5) is 19.6. The van der Waals surface area contributed by atoms with Crippen LogP contribution in [0.1, 0.15) is 39.0 Å². The predicted octanol–water partition coefficient (Wildman–Crippen LogP) is 3.38. The number of hydrogen-bond donors (Lipinski definition) is 1. The second-order valence-electron chi connectivity index (χ2n) is 10.5. The topological polar surface area (TPSA) is 98.9 Å². The molecule has 6 heterocycles. The van der Waals surface area contributed by atoms with Crippen LogP contribution in [0.25, 0.3) is 0 Å². The first-order chi connectivity index (χ1) is 17.0. The third kappa shape index (κ3) is 4.19. The molecule has 0 amide bonds. The first kappa shape index (κ1) is 23.1. The maximum absolute atomic E-state index is 6.40. The molecule has 0 unspecified atom stereocenters. The molecule has 0 aliphatic carbocycles. The van der Waals surface area contributed by atoms with E-state index in [1.807, 2.05) is 18.5 Å². The van der Waals surface area contributed by atoms with Gasteiger partial charge in [-0.15, -0.1) is 0 Å². The van der Waals surface area contributed by atoms with E-state index in [-0.39, 0.29) is 5.54 Å². The number of anilines is 3.